The van der Waals surface area contributed by atoms with Crippen LogP contribution in [0.5, 0.6) is 5.75 Å². The zero-order valence-corrected chi connectivity index (χ0v) is 16.1. The maximum absolute atomic E-state index is 12.3. The van der Waals surface area contributed by atoms with Gasteiger partial charge in [-0.25, -0.2) is 0 Å². The third-order valence-corrected chi connectivity index (χ3v) is 4.24. The molecule has 1 N–H and O–H groups in total. The summed E-state index contributed by atoms with van der Waals surface area (Å²) in [6.07, 6.45) is -0.648. The van der Waals surface area contributed by atoms with Crippen LogP contribution in [0.25, 0.3) is 11.4 Å². The Labute approximate surface area is 162 Å². The Morgan fingerprint density at radius 3 is 2.67 bits per heavy atom. The quantitative estimate of drug-likeness (QED) is 0.691. The Hall–Kier alpha value is -2.86. The van der Waals surface area contributed by atoms with E-state index in [2.05, 4.69) is 15.5 Å². The second-order valence-corrected chi connectivity index (χ2v) is 6.70. The zero-order valence-electron chi connectivity index (χ0n) is 15.3. The van der Waals surface area contributed by atoms with Gasteiger partial charge in [0.1, 0.15) is 5.75 Å². The number of ether oxygens (including phenoxy) is 1. The van der Waals surface area contributed by atoms with Crippen molar-refractivity contribution in [1.29, 1.82) is 0 Å². The van der Waals surface area contributed by atoms with Crippen LogP contribution in [0.3, 0.4) is 0 Å². The standard InChI is InChI=1S/C20H20ClN3O3/c1-12-4-9-17(13(2)10-12)26-14(3)20(25)22-11-18-23-19(24-27-18)15-5-7-16(21)8-6-15/h4-10,14H,11H2,1-3H3,(H,22,25)/t14-/m0/s1. The topological polar surface area (TPSA) is 77.2 Å². The fourth-order valence-electron chi connectivity index (χ4n) is 2.52. The Morgan fingerprint density at radius 1 is 1.22 bits per heavy atom. The molecule has 6 nitrogen and oxygen atoms in total. The van der Waals surface area contributed by atoms with Crippen molar-refractivity contribution >= 4 is 17.5 Å². The van der Waals surface area contributed by atoms with Crippen LogP contribution in [-0.2, 0) is 11.3 Å². The van der Waals surface area contributed by atoms with Gasteiger partial charge in [0.2, 0.25) is 11.7 Å². The van der Waals surface area contributed by atoms with Gasteiger partial charge in [0.15, 0.2) is 6.10 Å². The molecule has 0 saturated heterocycles. The largest absolute Gasteiger partial charge is 0.481 e. The van der Waals surface area contributed by atoms with Crippen LogP contribution in [-0.4, -0.2) is 22.2 Å². The van der Waals surface area contributed by atoms with Gasteiger partial charge < -0.3 is 14.6 Å². The van der Waals surface area contributed by atoms with Crippen molar-refractivity contribution in [1.82, 2.24) is 15.5 Å². The predicted octanol–water partition coefficient (Wildman–Crippen LogP) is 4.09. The van der Waals surface area contributed by atoms with Crippen molar-refractivity contribution in [3.8, 4) is 17.1 Å². The highest BCUT2D eigenvalue weighted by Gasteiger charge is 2.17. The van der Waals surface area contributed by atoms with Gasteiger partial charge >= 0.3 is 0 Å². The minimum Gasteiger partial charge on any atom is -0.481 e. The molecular formula is C20H20ClN3O3. The molecule has 0 saturated carbocycles. The first-order valence-electron chi connectivity index (χ1n) is 8.52. The van der Waals surface area contributed by atoms with E-state index in [9.17, 15) is 4.79 Å². The second kappa shape index (κ2) is 8.22. The summed E-state index contributed by atoms with van der Waals surface area (Å²) in [6.45, 7) is 5.78. The number of rotatable bonds is 6. The normalized spacial score (nSPS) is 11.9. The lowest BCUT2D eigenvalue weighted by molar-refractivity contribution is -0.127. The van der Waals surface area contributed by atoms with E-state index < -0.39 is 6.10 Å². The summed E-state index contributed by atoms with van der Waals surface area (Å²) in [4.78, 5) is 16.5. The summed E-state index contributed by atoms with van der Waals surface area (Å²) < 4.78 is 10.9. The van der Waals surface area contributed by atoms with Crippen molar-refractivity contribution in [2.24, 2.45) is 0 Å². The number of amides is 1. The Kier molecular flexibility index (Phi) is 5.76. The Bertz CT molecular complexity index is 938. The highest BCUT2D eigenvalue weighted by atomic mass is 35.5. The third kappa shape index (κ3) is 4.86. The lowest BCUT2D eigenvalue weighted by atomic mass is 10.1. The number of carbonyl (C=O) groups is 1. The Morgan fingerprint density at radius 2 is 1.96 bits per heavy atom. The van der Waals surface area contributed by atoms with E-state index in [1.165, 1.54) is 0 Å². The average molecular weight is 386 g/mol. The maximum Gasteiger partial charge on any atom is 0.261 e. The smallest absolute Gasteiger partial charge is 0.261 e. The van der Waals surface area contributed by atoms with E-state index in [0.29, 0.717) is 22.5 Å². The molecule has 0 radical (unpaired) electrons. The molecule has 3 rings (SSSR count). The molecule has 1 amide bonds. The molecule has 1 heterocycles. The monoisotopic (exact) mass is 385 g/mol. The molecule has 27 heavy (non-hydrogen) atoms. The molecular weight excluding hydrogens is 366 g/mol. The fraction of sp³-hybridized carbons (Fsp3) is 0.250. The number of nitrogens with one attached hydrogen (secondary N) is 1. The fourth-order valence-corrected chi connectivity index (χ4v) is 2.65. The van der Waals surface area contributed by atoms with E-state index in [1.54, 1.807) is 31.2 Å². The first-order chi connectivity index (χ1) is 12.9. The minimum atomic E-state index is -0.648. The summed E-state index contributed by atoms with van der Waals surface area (Å²) in [6, 6.07) is 12.9. The number of halogens is 1. The number of carbonyl (C=O) groups excluding carboxylic acids is 1. The summed E-state index contributed by atoms with van der Waals surface area (Å²) >= 11 is 5.87. The molecule has 0 aliphatic heterocycles. The van der Waals surface area contributed by atoms with Gasteiger partial charge in [-0.05, 0) is 56.7 Å². The zero-order chi connectivity index (χ0) is 19.4. The van der Waals surface area contributed by atoms with Gasteiger partial charge in [-0.2, -0.15) is 4.98 Å². The van der Waals surface area contributed by atoms with Gasteiger partial charge in [0, 0.05) is 10.6 Å². The van der Waals surface area contributed by atoms with E-state index in [-0.39, 0.29) is 12.5 Å². The number of benzene rings is 2. The van der Waals surface area contributed by atoms with E-state index in [1.807, 2.05) is 32.0 Å². The molecule has 0 unspecified atom stereocenters. The SMILES string of the molecule is Cc1ccc(O[C@@H](C)C(=O)NCc2nc(-c3ccc(Cl)cc3)no2)c(C)c1. The van der Waals surface area contributed by atoms with Crippen molar-refractivity contribution in [3.05, 3.63) is 64.5 Å². The van der Waals surface area contributed by atoms with Crippen LogP contribution in [0, 0.1) is 13.8 Å². The highest BCUT2D eigenvalue weighted by Crippen LogP contribution is 2.20. The van der Waals surface area contributed by atoms with E-state index >= 15 is 0 Å². The van der Waals surface area contributed by atoms with Gasteiger partial charge in [-0.1, -0.05) is 34.5 Å². The van der Waals surface area contributed by atoms with Crippen LogP contribution in [0.2, 0.25) is 5.02 Å². The number of aromatic nitrogens is 2. The lowest BCUT2D eigenvalue weighted by Gasteiger charge is -2.16. The molecule has 0 bridgehead atoms. The molecule has 140 valence electrons. The van der Waals surface area contributed by atoms with Crippen molar-refractivity contribution in [3.63, 3.8) is 0 Å². The maximum atomic E-state index is 12.3. The Balaban J connectivity index is 1.56. The van der Waals surface area contributed by atoms with Gasteiger partial charge in [0.25, 0.3) is 5.91 Å². The van der Waals surface area contributed by atoms with Crippen LogP contribution >= 0.6 is 11.6 Å². The minimum absolute atomic E-state index is 0.125. The molecule has 7 heteroatoms. The number of aryl methyl sites for hydroxylation is 2. The number of nitrogens with zero attached hydrogens (tertiary/aromatic N) is 2. The lowest BCUT2D eigenvalue weighted by Crippen LogP contribution is -2.36. The molecule has 0 aliphatic carbocycles. The first-order valence-corrected chi connectivity index (χ1v) is 8.90. The molecule has 0 aliphatic rings. The van der Waals surface area contributed by atoms with Gasteiger partial charge in [-0.3, -0.25) is 4.79 Å². The average Bonchev–Trinajstić information content (AvgIpc) is 3.11. The molecule has 0 spiro atoms. The molecule has 1 atom stereocenters. The number of hydrogen-bond donors (Lipinski definition) is 1. The molecule has 1 aromatic heterocycles. The van der Waals surface area contributed by atoms with Crippen LogP contribution in [0.15, 0.2) is 47.0 Å². The van der Waals surface area contributed by atoms with Crippen LogP contribution in [0.1, 0.15) is 23.9 Å². The van der Waals surface area contributed by atoms with Crippen LogP contribution < -0.4 is 10.1 Å². The first kappa shape index (κ1) is 18.9. The highest BCUT2D eigenvalue weighted by molar-refractivity contribution is 6.30. The summed E-state index contributed by atoms with van der Waals surface area (Å²) in [5, 5.41) is 7.29. The van der Waals surface area contributed by atoms with E-state index in [0.717, 1.165) is 16.7 Å². The van der Waals surface area contributed by atoms with E-state index in [4.69, 9.17) is 20.9 Å². The summed E-state index contributed by atoms with van der Waals surface area (Å²) in [5.41, 5.74) is 2.91. The van der Waals surface area contributed by atoms with Crippen molar-refractivity contribution in [2.75, 3.05) is 0 Å². The summed E-state index contributed by atoms with van der Waals surface area (Å²) in [7, 11) is 0. The van der Waals surface area contributed by atoms with Crippen LogP contribution in [0.4, 0.5) is 0 Å². The third-order valence-electron chi connectivity index (χ3n) is 3.99. The van der Waals surface area contributed by atoms with Crippen molar-refractivity contribution < 1.29 is 14.1 Å². The van der Waals surface area contributed by atoms with Crippen molar-refractivity contribution in [2.45, 2.75) is 33.4 Å². The second-order valence-electron chi connectivity index (χ2n) is 6.27. The molecule has 0 fully saturated rings. The number of hydrogen-bond acceptors (Lipinski definition) is 5. The van der Waals surface area contributed by atoms with Gasteiger partial charge in [-0.15, -0.1) is 0 Å². The van der Waals surface area contributed by atoms with Gasteiger partial charge in [0.05, 0.1) is 6.54 Å². The molecule has 2 aromatic carbocycles. The predicted molar refractivity (Wildman–Crippen MR) is 103 cm³/mol. The summed E-state index contributed by atoms with van der Waals surface area (Å²) in [5.74, 6) is 1.18. The molecule has 3 aromatic rings.